The van der Waals surface area contributed by atoms with Gasteiger partial charge in [0.1, 0.15) is 18.0 Å². The van der Waals surface area contributed by atoms with Gasteiger partial charge in [-0.05, 0) is 24.5 Å². The Kier molecular flexibility index (Phi) is 6.54. The van der Waals surface area contributed by atoms with E-state index in [9.17, 15) is 13.0 Å². The first-order valence-corrected chi connectivity index (χ1v) is 9.54. The molecule has 0 radical (unpaired) electrons. The van der Waals surface area contributed by atoms with Gasteiger partial charge in [-0.25, -0.2) is 32.7 Å². The van der Waals surface area contributed by atoms with E-state index in [-0.39, 0.29) is 5.92 Å². The predicted octanol–water partition coefficient (Wildman–Crippen LogP) is 1.72. The van der Waals surface area contributed by atoms with Crippen LogP contribution in [0.2, 0.25) is 0 Å². The summed E-state index contributed by atoms with van der Waals surface area (Å²) in [6.07, 6.45) is 3.32. The minimum atomic E-state index is -2.83. The molecule has 9 nitrogen and oxygen atoms in total. The topological polar surface area (TPSA) is 131 Å². The maximum absolute atomic E-state index is 12.3. The lowest BCUT2D eigenvalue weighted by atomic mass is 10.1. The molecule has 150 valence electrons. The van der Waals surface area contributed by atoms with E-state index in [2.05, 4.69) is 29.6 Å². The van der Waals surface area contributed by atoms with Gasteiger partial charge in [-0.1, -0.05) is 0 Å². The van der Waals surface area contributed by atoms with Crippen molar-refractivity contribution in [3.63, 3.8) is 0 Å². The number of nitrogens with one attached hydrogen (secondary N) is 3. The second kappa shape index (κ2) is 9.08. The van der Waals surface area contributed by atoms with Gasteiger partial charge in [-0.15, -0.1) is 0 Å². The van der Waals surface area contributed by atoms with Crippen LogP contribution in [0.5, 0.6) is 0 Å². The molecule has 12 heteroatoms. The molecule has 0 saturated carbocycles. The first-order chi connectivity index (χ1) is 13.4. The Hall–Kier alpha value is -2.57. The standard InChI is InChI=1S/C16H19F2N7O2S/c17-16(18)11(19)1-2-14-20-7-13(24-14)12-5-15(22-9-21-12)25-4-3-10(8-25)6-23-28(26)27/h1-2,5,7,9-10,16,19,23H,3-4,6,8H2,(H,20,24)(H,26,27)/b2-1-,19-11?. The third-order valence-corrected chi connectivity index (χ3v) is 4.70. The quantitative estimate of drug-likeness (QED) is 0.386. The number of H-pyrrole nitrogens is 1. The van der Waals surface area contributed by atoms with Gasteiger partial charge in [-0.3, -0.25) is 9.96 Å². The second-order valence-electron chi connectivity index (χ2n) is 6.23. The largest absolute Gasteiger partial charge is 0.356 e. The Labute approximate surface area is 162 Å². The first kappa shape index (κ1) is 20.2. The van der Waals surface area contributed by atoms with Crippen LogP contribution in [0.15, 0.2) is 24.7 Å². The summed E-state index contributed by atoms with van der Waals surface area (Å²) in [7, 11) is 0. The van der Waals surface area contributed by atoms with Crippen LogP contribution < -0.4 is 9.62 Å². The molecule has 0 bridgehead atoms. The van der Waals surface area contributed by atoms with Crippen molar-refractivity contribution in [2.45, 2.75) is 12.8 Å². The molecule has 2 atom stereocenters. The van der Waals surface area contributed by atoms with Gasteiger partial charge in [0.2, 0.25) is 11.3 Å². The van der Waals surface area contributed by atoms with Crippen molar-refractivity contribution in [2.24, 2.45) is 5.92 Å². The summed E-state index contributed by atoms with van der Waals surface area (Å²) in [5, 5.41) is 7.12. The summed E-state index contributed by atoms with van der Waals surface area (Å²) in [4.78, 5) is 17.6. The van der Waals surface area contributed by atoms with Crippen molar-refractivity contribution >= 4 is 28.9 Å². The van der Waals surface area contributed by atoms with Gasteiger partial charge >= 0.3 is 0 Å². The Balaban J connectivity index is 1.67. The molecule has 1 aliphatic rings. The van der Waals surface area contributed by atoms with Gasteiger partial charge in [0, 0.05) is 25.7 Å². The number of hydrogen-bond acceptors (Lipinski definition) is 6. The van der Waals surface area contributed by atoms with E-state index in [4.69, 9.17) is 9.96 Å². The molecule has 1 saturated heterocycles. The zero-order valence-corrected chi connectivity index (χ0v) is 15.5. The normalized spacial score (nSPS) is 18.3. The summed E-state index contributed by atoms with van der Waals surface area (Å²) in [6, 6.07) is 1.79. The molecule has 3 heterocycles. The van der Waals surface area contributed by atoms with Crippen LogP contribution in [0.25, 0.3) is 17.5 Å². The lowest BCUT2D eigenvalue weighted by Crippen LogP contribution is -2.27. The summed E-state index contributed by atoms with van der Waals surface area (Å²) >= 11 is -2.02. The molecule has 2 unspecified atom stereocenters. The lowest BCUT2D eigenvalue weighted by molar-refractivity contribution is 0.226. The average molecular weight is 411 g/mol. The van der Waals surface area contributed by atoms with Crippen molar-refractivity contribution in [3.05, 3.63) is 30.5 Å². The molecule has 0 spiro atoms. The molecule has 28 heavy (non-hydrogen) atoms. The number of alkyl halides is 2. The number of imidazole rings is 1. The summed E-state index contributed by atoms with van der Waals surface area (Å²) in [5.74, 6) is 1.30. The number of rotatable bonds is 8. The van der Waals surface area contributed by atoms with Crippen molar-refractivity contribution in [1.82, 2.24) is 24.7 Å². The monoisotopic (exact) mass is 411 g/mol. The molecule has 3 rings (SSSR count). The maximum atomic E-state index is 12.3. The summed E-state index contributed by atoms with van der Waals surface area (Å²) in [5.41, 5.74) is 0.407. The number of allylic oxidation sites excluding steroid dienone is 1. The Bertz CT molecular complexity index is 889. The molecule has 4 N–H and O–H groups in total. The first-order valence-electron chi connectivity index (χ1n) is 8.43. The second-order valence-corrected chi connectivity index (χ2v) is 7.02. The maximum Gasteiger partial charge on any atom is 0.279 e. The minimum absolute atomic E-state index is 0.239. The predicted molar refractivity (Wildman–Crippen MR) is 101 cm³/mol. The SMILES string of the molecule is N=C(/C=C\c1ncc(-c2cc(N3CCC(CNS(=O)O)C3)ncn2)[nH]1)C(F)F. The molecule has 0 amide bonds. The third kappa shape index (κ3) is 5.24. The fraction of sp³-hybridized carbons (Fsp3) is 0.375. The summed E-state index contributed by atoms with van der Waals surface area (Å²) < 4.78 is 46.8. The Morgan fingerprint density at radius 3 is 3.07 bits per heavy atom. The van der Waals surface area contributed by atoms with E-state index < -0.39 is 23.4 Å². The van der Waals surface area contributed by atoms with E-state index in [1.165, 1.54) is 18.6 Å². The van der Waals surface area contributed by atoms with Crippen molar-refractivity contribution in [1.29, 1.82) is 5.41 Å². The van der Waals surface area contributed by atoms with Crippen molar-refractivity contribution in [3.8, 4) is 11.4 Å². The van der Waals surface area contributed by atoms with Crippen molar-refractivity contribution in [2.75, 3.05) is 24.5 Å². The molecule has 0 aliphatic carbocycles. The van der Waals surface area contributed by atoms with E-state index in [1.807, 2.05) is 0 Å². The molecular formula is C16H19F2N7O2S. The molecule has 1 fully saturated rings. The van der Waals surface area contributed by atoms with Crippen LogP contribution in [0.4, 0.5) is 14.6 Å². The highest BCUT2D eigenvalue weighted by atomic mass is 32.2. The van der Waals surface area contributed by atoms with E-state index >= 15 is 0 Å². The molecule has 2 aromatic heterocycles. The van der Waals surface area contributed by atoms with Gasteiger partial charge in [0.05, 0.1) is 23.3 Å². The van der Waals surface area contributed by atoms with Crippen LogP contribution in [-0.4, -0.2) is 60.5 Å². The fourth-order valence-corrected chi connectivity index (χ4v) is 3.23. The van der Waals surface area contributed by atoms with Crippen LogP contribution in [0, 0.1) is 11.3 Å². The van der Waals surface area contributed by atoms with Gasteiger partial charge in [-0.2, -0.15) is 0 Å². The van der Waals surface area contributed by atoms with Crippen molar-refractivity contribution < 1.29 is 17.5 Å². The van der Waals surface area contributed by atoms with E-state index in [1.54, 1.807) is 6.07 Å². The average Bonchev–Trinajstić information content (AvgIpc) is 3.34. The third-order valence-electron chi connectivity index (χ3n) is 4.29. The van der Waals surface area contributed by atoms with Crippen LogP contribution in [-0.2, 0) is 11.3 Å². The number of hydrogen-bond donors (Lipinski definition) is 4. The van der Waals surface area contributed by atoms with Gasteiger partial charge in [0.25, 0.3) is 6.43 Å². The van der Waals surface area contributed by atoms with E-state index in [0.29, 0.717) is 30.3 Å². The highest BCUT2D eigenvalue weighted by molar-refractivity contribution is 7.77. The van der Waals surface area contributed by atoms with Crippen LogP contribution in [0.3, 0.4) is 0 Å². The van der Waals surface area contributed by atoms with Crippen LogP contribution in [0.1, 0.15) is 12.2 Å². The summed E-state index contributed by atoms with van der Waals surface area (Å²) in [6.45, 7) is 1.92. The van der Waals surface area contributed by atoms with Gasteiger partial charge < -0.3 is 9.88 Å². The molecule has 2 aromatic rings. The number of nitrogens with zero attached hydrogens (tertiary/aromatic N) is 4. The lowest BCUT2D eigenvalue weighted by Gasteiger charge is -2.17. The Morgan fingerprint density at radius 2 is 2.32 bits per heavy atom. The highest BCUT2D eigenvalue weighted by Gasteiger charge is 2.24. The van der Waals surface area contributed by atoms with Gasteiger partial charge in [0.15, 0.2) is 0 Å². The number of halogens is 2. The number of aromatic nitrogens is 4. The van der Waals surface area contributed by atoms with Crippen LogP contribution >= 0.6 is 0 Å². The fourth-order valence-electron chi connectivity index (χ4n) is 2.86. The number of aromatic amines is 1. The molecule has 0 aromatic carbocycles. The van der Waals surface area contributed by atoms with E-state index in [0.717, 1.165) is 24.9 Å². The molecular weight excluding hydrogens is 392 g/mol. The highest BCUT2D eigenvalue weighted by Crippen LogP contribution is 2.24. The Morgan fingerprint density at radius 1 is 1.50 bits per heavy atom. The minimum Gasteiger partial charge on any atom is -0.356 e. The smallest absolute Gasteiger partial charge is 0.279 e. The zero-order chi connectivity index (χ0) is 20.1. The zero-order valence-electron chi connectivity index (χ0n) is 14.7. The number of anilines is 1. The molecule has 1 aliphatic heterocycles.